The molecule has 0 radical (unpaired) electrons. The zero-order valence-corrected chi connectivity index (χ0v) is 10.8. The Morgan fingerprint density at radius 3 is 3.19 bits per heavy atom. The fourth-order valence-corrected chi connectivity index (χ4v) is 3.55. The van der Waals surface area contributed by atoms with Crippen molar-refractivity contribution in [2.75, 3.05) is 5.75 Å². The average molecular weight is 269 g/mol. The fourth-order valence-electron chi connectivity index (χ4n) is 1.68. The second kappa shape index (κ2) is 4.28. The Hall–Kier alpha value is -0.710. The summed E-state index contributed by atoms with van der Waals surface area (Å²) in [7, 11) is 0. The maximum absolute atomic E-state index is 6.11. The van der Waals surface area contributed by atoms with E-state index in [1.807, 2.05) is 6.07 Å². The fraction of sp³-hybridized carbons (Fsp3) is 0.182. The van der Waals surface area contributed by atoms with E-state index in [-0.39, 0.29) is 0 Å². The minimum absolute atomic E-state index is 0.606. The number of thioether (sulfide) groups is 1. The maximum Gasteiger partial charge on any atom is 0.170 e. The zero-order chi connectivity index (χ0) is 11.0. The van der Waals surface area contributed by atoms with Gasteiger partial charge in [-0.3, -0.25) is 0 Å². The van der Waals surface area contributed by atoms with E-state index in [9.17, 15) is 0 Å². The van der Waals surface area contributed by atoms with Gasteiger partial charge in [-0.15, -0.1) is 11.3 Å². The second-order valence-corrected chi connectivity index (χ2v) is 5.82. The van der Waals surface area contributed by atoms with Gasteiger partial charge in [0.2, 0.25) is 0 Å². The third-order valence-corrected chi connectivity index (χ3v) is 4.49. The smallest absolute Gasteiger partial charge is 0.170 e. The molecule has 0 spiro atoms. The van der Waals surface area contributed by atoms with Crippen molar-refractivity contribution >= 4 is 46.9 Å². The number of hydrogen-bond donors (Lipinski definition) is 0. The first-order valence-corrected chi connectivity index (χ1v) is 7.19. The van der Waals surface area contributed by atoms with E-state index in [0.717, 1.165) is 23.1 Å². The molecule has 82 valence electrons. The van der Waals surface area contributed by atoms with Gasteiger partial charge in [-0.05, 0) is 23.6 Å². The van der Waals surface area contributed by atoms with Gasteiger partial charge >= 0.3 is 0 Å². The Morgan fingerprint density at radius 2 is 2.38 bits per heavy atom. The number of hydrogen-bond acceptors (Lipinski definition) is 3. The molecule has 0 aliphatic carbocycles. The Balaban J connectivity index is 1.95. The summed E-state index contributed by atoms with van der Waals surface area (Å²) in [4.78, 5) is 5.57. The predicted octanol–water partition coefficient (Wildman–Crippen LogP) is 3.87. The van der Waals surface area contributed by atoms with Crippen LogP contribution in [0.15, 0.2) is 22.7 Å². The lowest BCUT2D eigenvalue weighted by Crippen LogP contribution is -1.95. The standard InChI is InChI=1S/C11H9ClN2S2/c12-10-9(4-3-8-2-1-6-15-8)14-5-7-16-11(14)13-10/h1-4,6H,5,7H2/b4-3+. The Morgan fingerprint density at radius 1 is 1.44 bits per heavy atom. The van der Waals surface area contributed by atoms with Crippen LogP contribution in [0.5, 0.6) is 0 Å². The van der Waals surface area contributed by atoms with E-state index in [4.69, 9.17) is 11.6 Å². The summed E-state index contributed by atoms with van der Waals surface area (Å²) in [6.07, 6.45) is 4.14. The normalized spacial score (nSPS) is 14.8. The van der Waals surface area contributed by atoms with E-state index in [0.29, 0.717) is 5.15 Å². The van der Waals surface area contributed by atoms with Crippen LogP contribution in [0, 0.1) is 0 Å². The molecule has 1 aliphatic heterocycles. The number of fused-ring (bicyclic) bond motifs is 1. The van der Waals surface area contributed by atoms with Crippen molar-refractivity contribution in [2.45, 2.75) is 11.7 Å². The largest absolute Gasteiger partial charge is 0.317 e. The average Bonchev–Trinajstić information content (AvgIpc) is 2.92. The second-order valence-electron chi connectivity index (χ2n) is 3.42. The molecular weight excluding hydrogens is 260 g/mol. The highest BCUT2D eigenvalue weighted by Crippen LogP contribution is 2.31. The molecule has 5 heteroatoms. The van der Waals surface area contributed by atoms with Gasteiger partial charge in [-0.1, -0.05) is 29.4 Å². The summed E-state index contributed by atoms with van der Waals surface area (Å²) in [5, 5.41) is 3.71. The van der Waals surface area contributed by atoms with Crippen molar-refractivity contribution in [1.82, 2.24) is 9.55 Å². The highest BCUT2D eigenvalue weighted by atomic mass is 35.5. The minimum atomic E-state index is 0.606. The lowest BCUT2D eigenvalue weighted by molar-refractivity contribution is 0.713. The van der Waals surface area contributed by atoms with Gasteiger partial charge in [0.05, 0.1) is 5.69 Å². The summed E-state index contributed by atoms with van der Waals surface area (Å²) in [5.74, 6) is 1.10. The van der Waals surface area contributed by atoms with Crippen molar-refractivity contribution < 1.29 is 0 Å². The molecule has 0 unspecified atom stereocenters. The SMILES string of the molecule is Clc1nc2n(c1/C=C/c1cccs1)CCS2. The molecule has 1 aliphatic rings. The molecule has 16 heavy (non-hydrogen) atoms. The predicted molar refractivity (Wildman–Crippen MR) is 71.2 cm³/mol. The van der Waals surface area contributed by atoms with Crippen LogP contribution in [-0.4, -0.2) is 15.3 Å². The van der Waals surface area contributed by atoms with Crippen LogP contribution in [0.2, 0.25) is 5.15 Å². The molecule has 0 saturated carbocycles. The van der Waals surface area contributed by atoms with E-state index < -0.39 is 0 Å². The van der Waals surface area contributed by atoms with Gasteiger partial charge in [0, 0.05) is 17.2 Å². The number of aromatic nitrogens is 2. The minimum Gasteiger partial charge on any atom is -0.317 e. The highest BCUT2D eigenvalue weighted by molar-refractivity contribution is 7.99. The van der Waals surface area contributed by atoms with Crippen LogP contribution in [0.1, 0.15) is 10.6 Å². The monoisotopic (exact) mass is 268 g/mol. The van der Waals surface area contributed by atoms with Crippen molar-refractivity contribution in [3.8, 4) is 0 Å². The molecule has 0 fully saturated rings. The molecule has 0 N–H and O–H groups in total. The first-order valence-electron chi connectivity index (χ1n) is 4.95. The van der Waals surface area contributed by atoms with E-state index in [2.05, 4.69) is 33.1 Å². The van der Waals surface area contributed by atoms with Crippen molar-refractivity contribution in [2.24, 2.45) is 0 Å². The van der Waals surface area contributed by atoms with Gasteiger partial charge in [0.25, 0.3) is 0 Å². The van der Waals surface area contributed by atoms with Crippen molar-refractivity contribution in [3.05, 3.63) is 33.2 Å². The third kappa shape index (κ3) is 1.81. The first kappa shape index (κ1) is 10.4. The van der Waals surface area contributed by atoms with Crippen LogP contribution in [-0.2, 0) is 6.54 Å². The van der Waals surface area contributed by atoms with E-state index >= 15 is 0 Å². The number of nitrogens with zero attached hydrogens (tertiary/aromatic N) is 2. The number of imidazole rings is 1. The van der Waals surface area contributed by atoms with E-state index in [1.165, 1.54) is 4.88 Å². The van der Waals surface area contributed by atoms with Crippen LogP contribution < -0.4 is 0 Å². The van der Waals surface area contributed by atoms with Crippen LogP contribution >= 0.6 is 34.7 Å². The molecule has 0 amide bonds. The summed E-state index contributed by atoms with van der Waals surface area (Å²) >= 11 is 9.59. The van der Waals surface area contributed by atoms with Crippen LogP contribution in [0.4, 0.5) is 0 Å². The molecule has 0 aromatic carbocycles. The van der Waals surface area contributed by atoms with Gasteiger partial charge < -0.3 is 4.57 Å². The van der Waals surface area contributed by atoms with Crippen LogP contribution in [0.3, 0.4) is 0 Å². The molecule has 2 aromatic rings. The Bertz CT molecular complexity index is 528. The van der Waals surface area contributed by atoms with Gasteiger partial charge in [0.15, 0.2) is 10.3 Å². The summed E-state index contributed by atoms with van der Waals surface area (Å²) in [6, 6.07) is 4.13. The molecule has 3 heterocycles. The van der Waals surface area contributed by atoms with Crippen molar-refractivity contribution in [1.29, 1.82) is 0 Å². The van der Waals surface area contributed by atoms with Gasteiger partial charge in [0.1, 0.15) is 0 Å². The molecular formula is C11H9ClN2S2. The molecule has 2 aromatic heterocycles. The summed E-state index contributed by atoms with van der Waals surface area (Å²) < 4.78 is 2.18. The number of thiophene rings is 1. The zero-order valence-electron chi connectivity index (χ0n) is 8.39. The molecule has 0 atom stereocenters. The number of halogens is 1. The highest BCUT2D eigenvalue weighted by Gasteiger charge is 2.18. The Labute approximate surface area is 107 Å². The molecule has 3 rings (SSSR count). The lowest BCUT2D eigenvalue weighted by atomic mass is 10.3. The van der Waals surface area contributed by atoms with Crippen LogP contribution in [0.25, 0.3) is 12.2 Å². The molecule has 2 nitrogen and oxygen atoms in total. The quantitative estimate of drug-likeness (QED) is 0.823. The van der Waals surface area contributed by atoms with Gasteiger partial charge in [-0.25, -0.2) is 4.98 Å². The van der Waals surface area contributed by atoms with Crippen molar-refractivity contribution in [3.63, 3.8) is 0 Å². The molecule has 0 bridgehead atoms. The Kier molecular flexibility index (Phi) is 2.79. The lowest BCUT2D eigenvalue weighted by Gasteiger charge is -1.98. The maximum atomic E-state index is 6.11. The third-order valence-electron chi connectivity index (χ3n) is 2.42. The number of rotatable bonds is 2. The molecule has 0 saturated heterocycles. The van der Waals surface area contributed by atoms with Gasteiger partial charge in [-0.2, -0.15) is 0 Å². The topological polar surface area (TPSA) is 17.8 Å². The first-order chi connectivity index (χ1) is 7.84. The van der Waals surface area contributed by atoms with E-state index in [1.54, 1.807) is 23.1 Å². The summed E-state index contributed by atoms with van der Waals surface area (Å²) in [5.41, 5.74) is 1.02. The summed E-state index contributed by atoms with van der Waals surface area (Å²) in [6.45, 7) is 1.00.